The van der Waals surface area contributed by atoms with Crippen molar-refractivity contribution in [3.05, 3.63) is 75.9 Å². The number of hydrogen-bond acceptors (Lipinski definition) is 4. The molecule has 0 aliphatic heterocycles. The van der Waals surface area contributed by atoms with Crippen LogP contribution in [0.15, 0.2) is 54.7 Å². The smallest absolute Gasteiger partial charge is 0.224 e. The van der Waals surface area contributed by atoms with Gasteiger partial charge in [0.25, 0.3) is 0 Å². The maximum absolute atomic E-state index is 6.02. The normalized spacial score (nSPS) is 10.5. The predicted octanol–water partition coefficient (Wildman–Crippen LogP) is 5.45. The van der Waals surface area contributed by atoms with Gasteiger partial charge in [-0.1, -0.05) is 53.0 Å². The molecule has 0 atom stereocenters. The highest BCUT2D eigenvalue weighted by atomic mass is 35.5. The van der Waals surface area contributed by atoms with Gasteiger partial charge in [-0.2, -0.15) is 4.98 Å². The van der Waals surface area contributed by atoms with Gasteiger partial charge in [0.15, 0.2) is 0 Å². The molecule has 0 spiro atoms. The SMILES string of the molecule is Cc1cccc(CNc2nccc(Nc3ccc(Cl)c(Cl)c3)n2)c1. The molecule has 0 aliphatic carbocycles. The summed E-state index contributed by atoms with van der Waals surface area (Å²) in [6.07, 6.45) is 1.70. The van der Waals surface area contributed by atoms with Crippen LogP contribution in [-0.4, -0.2) is 9.97 Å². The van der Waals surface area contributed by atoms with Crippen LogP contribution in [0.1, 0.15) is 11.1 Å². The van der Waals surface area contributed by atoms with Crippen molar-refractivity contribution >= 4 is 40.7 Å². The van der Waals surface area contributed by atoms with Gasteiger partial charge >= 0.3 is 0 Å². The Balaban J connectivity index is 1.68. The summed E-state index contributed by atoms with van der Waals surface area (Å²) in [6.45, 7) is 2.74. The van der Waals surface area contributed by atoms with Gasteiger partial charge in [0.2, 0.25) is 5.95 Å². The van der Waals surface area contributed by atoms with Crippen molar-refractivity contribution in [3.63, 3.8) is 0 Å². The quantitative estimate of drug-likeness (QED) is 0.636. The molecule has 4 nitrogen and oxygen atoms in total. The minimum Gasteiger partial charge on any atom is -0.350 e. The number of halogens is 2. The molecular weight excluding hydrogens is 343 g/mol. The number of nitrogens with one attached hydrogen (secondary N) is 2. The minimum absolute atomic E-state index is 0.494. The Kier molecular flexibility index (Phi) is 5.18. The second-order valence-corrected chi connectivity index (χ2v) is 6.18. The maximum atomic E-state index is 6.02. The van der Waals surface area contributed by atoms with E-state index in [1.165, 1.54) is 11.1 Å². The number of rotatable bonds is 5. The lowest BCUT2D eigenvalue weighted by atomic mass is 10.1. The van der Waals surface area contributed by atoms with Crippen LogP contribution in [0.2, 0.25) is 10.0 Å². The molecule has 3 rings (SSSR count). The first kappa shape index (κ1) is 16.6. The van der Waals surface area contributed by atoms with Crippen molar-refractivity contribution in [2.45, 2.75) is 13.5 Å². The fourth-order valence-corrected chi connectivity index (χ4v) is 2.54. The first-order chi connectivity index (χ1) is 11.6. The van der Waals surface area contributed by atoms with Crippen molar-refractivity contribution < 1.29 is 0 Å². The Bertz CT molecular complexity index is 852. The van der Waals surface area contributed by atoms with Crippen molar-refractivity contribution in [1.29, 1.82) is 0 Å². The average Bonchev–Trinajstić information content (AvgIpc) is 2.57. The highest BCUT2D eigenvalue weighted by Gasteiger charge is 2.03. The first-order valence-corrected chi connectivity index (χ1v) is 8.20. The lowest BCUT2D eigenvalue weighted by Gasteiger charge is -2.09. The second-order valence-electron chi connectivity index (χ2n) is 5.36. The molecule has 6 heteroatoms. The number of aryl methyl sites for hydroxylation is 1. The number of hydrogen-bond donors (Lipinski definition) is 2. The van der Waals surface area contributed by atoms with Crippen molar-refractivity contribution in [3.8, 4) is 0 Å². The van der Waals surface area contributed by atoms with E-state index in [9.17, 15) is 0 Å². The molecule has 24 heavy (non-hydrogen) atoms. The summed E-state index contributed by atoms with van der Waals surface area (Å²) in [5.74, 6) is 1.23. The summed E-state index contributed by atoms with van der Waals surface area (Å²) < 4.78 is 0. The van der Waals surface area contributed by atoms with Crippen molar-refractivity contribution in [2.24, 2.45) is 0 Å². The Morgan fingerprint density at radius 2 is 1.88 bits per heavy atom. The summed E-state index contributed by atoms with van der Waals surface area (Å²) in [7, 11) is 0. The predicted molar refractivity (Wildman–Crippen MR) is 100 cm³/mol. The molecule has 0 saturated carbocycles. The fraction of sp³-hybridized carbons (Fsp3) is 0.111. The lowest BCUT2D eigenvalue weighted by molar-refractivity contribution is 1.05. The Morgan fingerprint density at radius 3 is 2.67 bits per heavy atom. The Labute approximate surface area is 150 Å². The largest absolute Gasteiger partial charge is 0.350 e. The third-order valence-electron chi connectivity index (χ3n) is 3.38. The molecule has 0 fully saturated rings. The van der Waals surface area contributed by atoms with E-state index in [1.54, 1.807) is 24.4 Å². The molecule has 0 aliphatic rings. The summed E-state index contributed by atoms with van der Waals surface area (Å²) in [5, 5.41) is 7.42. The zero-order valence-electron chi connectivity index (χ0n) is 13.1. The van der Waals surface area contributed by atoms with E-state index in [4.69, 9.17) is 23.2 Å². The highest BCUT2D eigenvalue weighted by Crippen LogP contribution is 2.26. The van der Waals surface area contributed by atoms with Gasteiger partial charge in [-0.15, -0.1) is 0 Å². The third-order valence-corrected chi connectivity index (χ3v) is 4.12. The molecule has 3 aromatic rings. The van der Waals surface area contributed by atoms with Crippen LogP contribution in [0.25, 0.3) is 0 Å². The number of anilines is 3. The van der Waals surface area contributed by atoms with E-state index in [-0.39, 0.29) is 0 Å². The van der Waals surface area contributed by atoms with E-state index in [1.807, 2.05) is 12.1 Å². The highest BCUT2D eigenvalue weighted by molar-refractivity contribution is 6.42. The van der Waals surface area contributed by atoms with E-state index in [2.05, 4.69) is 45.7 Å². The van der Waals surface area contributed by atoms with E-state index < -0.39 is 0 Å². The lowest BCUT2D eigenvalue weighted by Crippen LogP contribution is -2.05. The summed E-state index contributed by atoms with van der Waals surface area (Å²) in [5.41, 5.74) is 3.22. The first-order valence-electron chi connectivity index (χ1n) is 7.45. The molecule has 0 unspecified atom stereocenters. The Hall–Kier alpha value is -2.30. The van der Waals surface area contributed by atoms with E-state index >= 15 is 0 Å². The van der Waals surface area contributed by atoms with Crippen molar-refractivity contribution in [2.75, 3.05) is 10.6 Å². The maximum Gasteiger partial charge on any atom is 0.224 e. The summed E-state index contributed by atoms with van der Waals surface area (Å²) >= 11 is 11.9. The van der Waals surface area contributed by atoms with Crippen LogP contribution >= 0.6 is 23.2 Å². The van der Waals surface area contributed by atoms with Crippen LogP contribution in [0, 0.1) is 6.92 Å². The zero-order chi connectivity index (χ0) is 16.9. The van der Waals surface area contributed by atoms with Gasteiger partial charge in [-0.25, -0.2) is 4.98 Å². The standard InChI is InChI=1S/C18H16Cl2N4/c1-12-3-2-4-13(9-12)11-22-18-21-8-7-17(24-18)23-14-5-6-15(19)16(20)10-14/h2-10H,11H2,1H3,(H2,21,22,23,24). The van der Waals surface area contributed by atoms with E-state index in [0.29, 0.717) is 28.4 Å². The second kappa shape index (κ2) is 7.51. The van der Waals surface area contributed by atoms with Gasteiger partial charge < -0.3 is 10.6 Å². The summed E-state index contributed by atoms with van der Waals surface area (Å²) in [4.78, 5) is 8.69. The molecule has 0 bridgehead atoms. The summed E-state index contributed by atoms with van der Waals surface area (Å²) in [6, 6.07) is 15.4. The number of aromatic nitrogens is 2. The molecule has 0 amide bonds. The van der Waals surface area contributed by atoms with Gasteiger partial charge in [0.1, 0.15) is 5.82 Å². The van der Waals surface area contributed by atoms with Crippen LogP contribution in [0.4, 0.5) is 17.5 Å². The van der Waals surface area contributed by atoms with Crippen molar-refractivity contribution in [1.82, 2.24) is 9.97 Å². The topological polar surface area (TPSA) is 49.8 Å². The number of benzene rings is 2. The third kappa shape index (κ3) is 4.37. The van der Waals surface area contributed by atoms with Gasteiger partial charge in [0.05, 0.1) is 10.0 Å². The number of nitrogens with zero attached hydrogens (tertiary/aromatic N) is 2. The van der Waals surface area contributed by atoms with Crippen LogP contribution in [0.3, 0.4) is 0 Å². The van der Waals surface area contributed by atoms with Gasteiger partial charge in [0, 0.05) is 18.4 Å². The molecular formula is C18H16Cl2N4. The van der Waals surface area contributed by atoms with E-state index in [0.717, 1.165) is 5.69 Å². The average molecular weight is 359 g/mol. The molecule has 0 saturated heterocycles. The molecule has 2 aromatic carbocycles. The zero-order valence-corrected chi connectivity index (χ0v) is 14.6. The molecule has 2 N–H and O–H groups in total. The molecule has 1 aromatic heterocycles. The van der Waals surface area contributed by atoms with Gasteiger partial charge in [-0.3, -0.25) is 0 Å². The van der Waals surface area contributed by atoms with Gasteiger partial charge in [-0.05, 0) is 36.8 Å². The molecule has 1 heterocycles. The molecule has 122 valence electrons. The van der Waals surface area contributed by atoms with Crippen LogP contribution in [0.5, 0.6) is 0 Å². The Morgan fingerprint density at radius 1 is 1.00 bits per heavy atom. The fourth-order valence-electron chi connectivity index (χ4n) is 2.24. The van der Waals surface area contributed by atoms with Crippen LogP contribution in [-0.2, 0) is 6.54 Å². The monoisotopic (exact) mass is 358 g/mol. The molecule has 0 radical (unpaired) electrons. The van der Waals surface area contributed by atoms with Crippen LogP contribution < -0.4 is 10.6 Å². The minimum atomic E-state index is 0.494.